The third-order valence-electron chi connectivity index (χ3n) is 3.83. The predicted octanol–water partition coefficient (Wildman–Crippen LogP) is 3.24. The number of likely N-dealkylation sites (N-methyl/N-ethyl adjacent to an activating group) is 1. The standard InChI is InChI=1S/C20H23N3O5/c1-4-11-28-17-8-5-15(6-9-17)13-22(2)14-20(24)21-18-12-16(23(25)26)7-10-19(18)27-3/h4-10,12H,1,11,13-14H2,2-3H3,(H,21,24). The van der Waals surface area contributed by atoms with Gasteiger partial charge in [0, 0.05) is 18.7 Å². The van der Waals surface area contributed by atoms with Gasteiger partial charge < -0.3 is 14.8 Å². The number of rotatable bonds is 10. The molecule has 0 aliphatic heterocycles. The maximum atomic E-state index is 12.3. The molecule has 0 radical (unpaired) electrons. The van der Waals surface area contributed by atoms with Crippen molar-refractivity contribution in [2.24, 2.45) is 0 Å². The molecule has 0 atom stereocenters. The zero-order chi connectivity index (χ0) is 20.5. The molecule has 148 valence electrons. The Labute approximate surface area is 163 Å². The van der Waals surface area contributed by atoms with Crippen LogP contribution in [0.5, 0.6) is 11.5 Å². The van der Waals surface area contributed by atoms with Crippen LogP contribution in [0.15, 0.2) is 55.1 Å². The fourth-order valence-corrected chi connectivity index (χ4v) is 2.56. The summed E-state index contributed by atoms with van der Waals surface area (Å²) in [6.45, 7) is 4.72. The molecular weight excluding hydrogens is 362 g/mol. The van der Waals surface area contributed by atoms with Crippen LogP contribution in [0.3, 0.4) is 0 Å². The van der Waals surface area contributed by atoms with Gasteiger partial charge in [-0.15, -0.1) is 0 Å². The van der Waals surface area contributed by atoms with Crippen LogP contribution in [0.2, 0.25) is 0 Å². The highest BCUT2D eigenvalue weighted by Gasteiger charge is 2.15. The molecule has 0 fully saturated rings. The van der Waals surface area contributed by atoms with Gasteiger partial charge in [0.05, 0.1) is 24.3 Å². The number of non-ortho nitro benzene ring substituents is 1. The average Bonchev–Trinajstić information content (AvgIpc) is 2.67. The second-order valence-corrected chi connectivity index (χ2v) is 6.11. The summed E-state index contributed by atoms with van der Waals surface area (Å²) >= 11 is 0. The summed E-state index contributed by atoms with van der Waals surface area (Å²) in [5.41, 5.74) is 1.16. The second-order valence-electron chi connectivity index (χ2n) is 6.11. The number of nitrogens with one attached hydrogen (secondary N) is 1. The lowest BCUT2D eigenvalue weighted by Crippen LogP contribution is -2.30. The predicted molar refractivity (Wildman–Crippen MR) is 107 cm³/mol. The van der Waals surface area contributed by atoms with Gasteiger partial charge in [-0.2, -0.15) is 0 Å². The molecule has 1 amide bonds. The quantitative estimate of drug-likeness (QED) is 0.383. The van der Waals surface area contributed by atoms with Gasteiger partial charge in [-0.25, -0.2) is 0 Å². The summed E-state index contributed by atoms with van der Waals surface area (Å²) in [5.74, 6) is 0.811. The first-order chi connectivity index (χ1) is 13.4. The third kappa shape index (κ3) is 6.10. The summed E-state index contributed by atoms with van der Waals surface area (Å²) < 4.78 is 10.6. The fraction of sp³-hybridized carbons (Fsp3) is 0.250. The van der Waals surface area contributed by atoms with E-state index in [4.69, 9.17) is 9.47 Å². The van der Waals surface area contributed by atoms with E-state index in [2.05, 4.69) is 11.9 Å². The molecule has 1 N–H and O–H groups in total. The number of hydrogen-bond donors (Lipinski definition) is 1. The largest absolute Gasteiger partial charge is 0.495 e. The summed E-state index contributed by atoms with van der Waals surface area (Å²) in [7, 11) is 3.25. The summed E-state index contributed by atoms with van der Waals surface area (Å²) in [5, 5.41) is 13.6. The van der Waals surface area contributed by atoms with Crippen molar-refractivity contribution in [1.29, 1.82) is 0 Å². The molecule has 2 aromatic rings. The molecule has 0 spiro atoms. The van der Waals surface area contributed by atoms with E-state index < -0.39 is 4.92 Å². The Morgan fingerprint density at radius 3 is 2.61 bits per heavy atom. The van der Waals surface area contributed by atoms with Crippen LogP contribution in [-0.4, -0.2) is 43.0 Å². The highest BCUT2D eigenvalue weighted by atomic mass is 16.6. The van der Waals surface area contributed by atoms with Crippen LogP contribution in [0.4, 0.5) is 11.4 Å². The zero-order valence-corrected chi connectivity index (χ0v) is 15.9. The van der Waals surface area contributed by atoms with Crippen molar-refractivity contribution in [3.63, 3.8) is 0 Å². The Kier molecular flexibility index (Phi) is 7.53. The molecule has 0 aliphatic rings. The fourth-order valence-electron chi connectivity index (χ4n) is 2.56. The molecule has 2 aromatic carbocycles. The molecule has 0 unspecified atom stereocenters. The number of ether oxygens (including phenoxy) is 2. The Balaban J connectivity index is 1.94. The number of carbonyl (C=O) groups excluding carboxylic acids is 1. The van der Waals surface area contributed by atoms with Gasteiger partial charge in [0.15, 0.2) is 0 Å². The van der Waals surface area contributed by atoms with Crippen molar-refractivity contribution in [3.8, 4) is 11.5 Å². The molecular formula is C20H23N3O5. The molecule has 0 saturated heterocycles. The zero-order valence-electron chi connectivity index (χ0n) is 15.9. The van der Waals surface area contributed by atoms with Gasteiger partial charge >= 0.3 is 0 Å². The molecule has 0 bridgehead atoms. The van der Waals surface area contributed by atoms with Crippen molar-refractivity contribution in [1.82, 2.24) is 4.90 Å². The van der Waals surface area contributed by atoms with E-state index in [1.807, 2.05) is 36.2 Å². The highest BCUT2D eigenvalue weighted by Crippen LogP contribution is 2.28. The molecule has 8 nitrogen and oxygen atoms in total. The number of nitro groups is 1. The smallest absolute Gasteiger partial charge is 0.271 e. The van der Waals surface area contributed by atoms with E-state index in [0.29, 0.717) is 18.9 Å². The number of amides is 1. The second kappa shape index (κ2) is 10.1. The highest BCUT2D eigenvalue weighted by molar-refractivity contribution is 5.94. The molecule has 2 rings (SSSR count). The average molecular weight is 385 g/mol. The first-order valence-corrected chi connectivity index (χ1v) is 8.56. The van der Waals surface area contributed by atoms with Crippen LogP contribution in [-0.2, 0) is 11.3 Å². The SMILES string of the molecule is C=CCOc1ccc(CN(C)CC(=O)Nc2cc([N+](=O)[O-])ccc2OC)cc1. The Morgan fingerprint density at radius 2 is 2.00 bits per heavy atom. The lowest BCUT2D eigenvalue weighted by molar-refractivity contribution is -0.384. The van der Waals surface area contributed by atoms with Gasteiger partial charge in [-0.3, -0.25) is 19.8 Å². The first kappa shape index (κ1) is 20.9. The molecule has 28 heavy (non-hydrogen) atoms. The molecule has 0 aromatic heterocycles. The van der Waals surface area contributed by atoms with E-state index in [0.717, 1.165) is 11.3 Å². The number of anilines is 1. The minimum atomic E-state index is -0.524. The Hall–Kier alpha value is -3.39. The van der Waals surface area contributed by atoms with Crippen molar-refractivity contribution < 1.29 is 19.2 Å². The molecule has 0 heterocycles. The number of carbonyl (C=O) groups is 1. The van der Waals surface area contributed by atoms with Crippen molar-refractivity contribution >= 4 is 17.3 Å². The van der Waals surface area contributed by atoms with Crippen LogP contribution in [0, 0.1) is 10.1 Å². The van der Waals surface area contributed by atoms with E-state index >= 15 is 0 Å². The summed E-state index contributed by atoms with van der Waals surface area (Å²) in [6.07, 6.45) is 1.68. The van der Waals surface area contributed by atoms with Crippen molar-refractivity contribution in [2.45, 2.75) is 6.54 Å². The van der Waals surface area contributed by atoms with Crippen LogP contribution < -0.4 is 14.8 Å². The number of nitrogens with zero attached hydrogens (tertiary/aromatic N) is 2. The van der Waals surface area contributed by atoms with E-state index in [1.54, 1.807) is 6.08 Å². The monoisotopic (exact) mass is 385 g/mol. The lowest BCUT2D eigenvalue weighted by Gasteiger charge is -2.17. The van der Waals surface area contributed by atoms with Crippen molar-refractivity contribution in [2.75, 3.05) is 32.6 Å². The number of methoxy groups -OCH3 is 1. The van der Waals surface area contributed by atoms with E-state index in [-0.39, 0.29) is 23.8 Å². The molecule has 8 heteroatoms. The third-order valence-corrected chi connectivity index (χ3v) is 3.83. The first-order valence-electron chi connectivity index (χ1n) is 8.56. The maximum Gasteiger partial charge on any atom is 0.271 e. The number of nitro benzene ring substituents is 1. The van der Waals surface area contributed by atoms with Crippen molar-refractivity contribution in [3.05, 3.63) is 70.8 Å². The Morgan fingerprint density at radius 1 is 1.29 bits per heavy atom. The topological polar surface area (TPSA) is 93.9 Å². The van der Waals surface area contributed by atoms with Gasteiger partial charge in [0.1, 0.15) is 18.1 Å². The number of benzene rings is 2. The normalized spacial score (nSPS) is 10.4. The minimum Gasteiger partial charge on any atom is -0.495 e. The Bertz CT molecular complexity index is 836. The number of hydrogen-bond acceptors (Lipinski definition) is 6. The van der Waals surface area contributed by atoms with Crippen LogP contribution in [0.25, 0.3) is 0 Å². The van der Waals surface area contributed by atoms with Gasteiger partial charge in [-0.05, 0) is 30.8 Å². The van der Waals surface area contributed by atoms with E-state index in [1.165, 1.54) is 25.3 Å². The van der Waals surface area contributed by atoms with Gasteiger partial charge in [-0.1, -0.05) is 24.8 Å². The summed E-state index contributed by atoms with van der Waals surface area (Å²) in [6, 6.07) is 11.6. The van der Waals surface area contributed by atoms with E-state index in [9.17, 15) is 14.9 Å². The molecule has 0 aliphatic carbocycles. The minimum absolute atomic E-state index is 0.112. The molecule has 0 saturated carbocycles. The van der Waals surface area contributed by atoms with Gasteiger partial charge in [0.25, 0.3) is 5.69 Å². The maximum absolute atomic E-state index is 12.3. The summed E-state index contributed by atoms with van der Waals surface area (Å²) in [4.78, 5) is 24.6. The van der Waals surface area contributed by atoms with Crippen LogP contribution in [0.1, 0.15) is 5.56 Å². The van der Waals surface area contributed by atoms with Gasteiger partial charge in [0.2, 0.25) is 5.91 Å². The lowest BCUT2D eigenvalue weighted by atomic mass is 10.2. The van der Waals surface area contributed by atoms with Crippen LogP contribution >= 0.6 is 0 Å².